The zero-order chi connectivity index (χ0) is 14.4. The summed E-state index contributed by atoms with van der Waals surface area (Å²) in [5.41, 5.74) is 0. The summed E-state index contributed by atoms with van der Waals surface area (Å²) >= 11 is 0. The van der Waals surface area contributed by atoms with Crippen LogP contribution < -0.4 is 5.32 Å². The lowest BCUT2D eigenvalue weighted by Gasteiger charge is -2.30. The number of amides is 2. The topological polar surface area (TPSA) is 52.7 Å². The van der Waals surface area contributed by atoms with Gasteiger partial charge in [0.05, 0.1) is 6.54 Å². The van der Waals surface area contributed by atoms with Crippen molar-refractivity contribution in [2.45, 2.75) is 38.5 Å². The maximum absolute atomic E-state index is 12.2. The number of hydrogen-bond donors (Lipinski definition) is 1. The number of piperazine rings is 1. The van der Waals surface area contributed by atoms with Gasteiger partial charge >= 0.3 is 0 Å². The predicted molar refractivity (Wildman–Crippen MR) is 78.3 cm³/mol. The van der Waals surface area contributed by atoms with E-state index in [2.05, 4.69) is 5.32 Å². The molecule has 5 heteroatoms. The van der Waals surface area contributed by atoms with Gasteiger partial charge < -0.3 is 15.1 Å². The van der Waals surface area contributed by atoms with Gasteiger partial charge in [-0.15, -0.1) is 0 Å². The quantitative estimate of drug-likeness (QED) is 0.831. The van der Waals surface area contributed by atoms with E-state index in [4.69, 9.17) is 0 Å². The standard InChI is InChI=1S/C15H27N3O2/c1-17(12-15(20)18-9-7-16-8-10-18)14(19)11-13-5-3-2-4-6-13/h13,16H,2-12H2,1H3. The van der Waals surface area contributed by atoms with Crippen LogP contribution in [-0.2, 0) is 9.59 Å². The summed E-state index contributed by atoms with van der Waals surface area (Å²) in [5.74, 6) is 0.736. The SMILES string of the molecule is CN(CC(=O)N1CCNCC1)C(=O)CC1CCCCC1. The van der Waals surface area contributed by atoms with Crippen molar-refractivity contribution in [3.05, 3.63) is 0 Å². The summed E-state index contributed by atoms with van der Waals surface area (Å²) in [6.45, 7) is 3.44. The van der Waals surface area contributed by atoms with Crippen molar-refractivity contribution in [1.82, 2.24) is 15.1 Å². The van der Waals surface area contributed by atoms with Gasteiger partial charge in [-0.25, -0.2) is 0 Å². The lowest BCUT2D eigenvalue weighted by atomic mass is 9.87. The first-order valence-corrected chi connectivity index (χ1v) is 7.89. The van der Waals surface area contributed by atoms with Crippen LogP contribution in [0.2, 0.25) is 0 Å². The molecule has 1 saturated carbocycles. The Morgan fingerprint density at radius 3 is 2.45 bits per heavy atom. The molecule has 0 aromatic heterocycles. The van der Waals surface area contributed by atoms with Crippen LogP contribution in [0.1, 0.15) is 38.5 Å². The van der Waals surface area contributed by atoms with E-state index in [0.717, 1.165) is 26.2 Å². The van der Waals surface area contributed by atoms with Crippen molar-refractivity contribution in [2.24, 2.45) is 5.92 Å². The van der Waals surface area contributed by atoms with E-state index < -0.39 is 0 Å². The molecule has 1 aliphatic carbocycles. The number of rotatable bonds is 4. The molecule has 2 amide bonds. The fourth-order valence-electron chi connectivity index (χ4n) is 3.10. The molecule has 0 radical (unpaired) electrons. The lowest BCUT2D eigenvalue weighted by molar-refractivity contribution is -0.140. The Labute approximate surface area is 121 Å². The Morgan fingerprint density at radius 1 is 1.15 bits per heavy atom. The molecule has 0 aromatic rings. The lowest BCUT2D eigenvalue weighted by Crippen LogP contribution is -2.49. The summed E-state index contributed by atoms with van der Waals surface area (Å²) in [5, 5.41) is 3.23. The molecular weight excluding hydrogens is 254 g/mol. The third-order valence-corrected chi connectivity index (χ3v) is 4.46. The molecule has 114 valence electrons. The van der Waals surface area contributed by atoms with E-state index in [9.17, 15) is 9.59 Å². The second-order valence-electron chi connectivity index (χ2n) is 6.09. The summed E-state index contributed by atoms with van der Waals surface area (Å²) < 4.78 is 0. The average molecular weight is 281 g/mol. The van der Waals surface area contributed by atoms with E-state index in [1.807, 2.05) is 4.90 Å². The first-order chi connectivity index (χ1) is 9.66. The molecule has 2 fully saturated rings. The predicted octanol–water partition coefficient (Wildman–Crippen LogP) is 0.847. The molecule has 5 nitrogen and oxygen atoms in total. The van der Waals surface area contributed by atoms with Crippen molar-refractivity contribution in [1.29, 1.82) is 0 Å². The number of nitrogens with zero attached hydrogens (tertiary/aromatic N) is 2. The molecule has 0 atom stereocenters. The molecule has 1 heterocycles. The molecule has 0 spiro atoms. The minimum absolute atomic E-state index is 0.0750. The van der Waals surface area contributed by atoms with Gasteiger partial charge in [-0.2, -0.15) is 0 Å². The minimum atomic E-state index is 0.0750. The third-order valence-electron chi connectivity index (χ3n) is 4.46. The molecule has 1 aliphatic heterocycles. The van der Waals surface area contributed by atoms with Crippen molar-refractivity contribution >= 4 is 11.8 Å². The van der Waals surface area contributed by atoms with E-state index >= 15 is 0 Å². The maximum Gasteiger partial charge on any atom is 0.242 e. The van der Waals surface area contributed by atoms with Gasteiger partial charge in [0.1, 0.15) is 0 Å². The van der Waals surface area contributed by atoms with Crippen LogP contribution in [0.4, 0.5) is 0 Å². The number of carbonyl (C=O) groups is 2. The first kappa shape index (κ1) is 15.3. The van der Waals surface area contributed by atoms with Crippen LogP contribution in [-0.4, -0.2) is 61.4 Å². The first-order valence-electron chi connectivity index (χ1n) is 7.89. The third kappa shape index (κ3) is 4.47. The van der Waals surface area contributed by atoms with Gasteiger partial charge in [0, 0.05) is 39.6 Å². The summed E-state index contributed by atoms with van der Waals surface area (Å²) in [4.78, 5) is 27.7. The highest BCUT2D eigenvalue weighted by Crippen LogP contribution is 2.26. The molecule has 0 bridgehead atoms. The smallest absolute Gasteiger partial charge is 0.242 e. The molecule has 0 unspecified atom stereocenters. The summed E-state index contributed by atoms with van der Waals surface area (Å²) in [6.07, 6.45) is 6.77. The fourth-order valence-corrected chi connectivity index (χ4v) is 3.10. The normalized spacial score (nSPS) is 20.8. The van der Waals surface area contributed by atoms with Gasteiger partial charge in [0.25, 0.3) is 0 Å². The van der Waals surface area contributed by atoms with E-state index in [-0.39, 0.29) is 18.4 Å². The highest BCUT2D eigenvalue weighted by atomic mass is 16.2. The van der Waals surface area contributed by atoms with Gasteiger partial charge in [-0.05, 0) is 18.8 Å². The van der Waals surface area contributed by atoms with E-state index in [1.165, 1.54) is 32.1 Å². The van der Waals surface area contributed by atoms with Gasteiger partial charge in [-0.3, -0.25) is 9.59 Å². The molecule has 2 rings (SSSR count). The van der Waals surface area contributed by atoms with Crippen LogP contribution >= 0.6 is 0 Å². The second kappa shape index (κ2) is 7.62. The number of carbonyl (C=O) groups excluding carboxylic acids is 2. The Balaban J connectivity index is 1.73. The maximum atomic E-state index is 12.2. The van der Waals surface area contributed by atoms with Crippen molar-refractivity contribution in [3.8, 4) is 0 Å². The van der Waals surface area contributed by atoms with Crippen LogP contribution in [0.25, 0.3) is 0 Å². The van der Waals surface area contributed by atoms with E-state index in [0.29, 0.717) is 12.3 Å². The van der Waals surface area contributed by atoms with E-state index in [1.54, 1.807) is 11.9 Å². The van der Waals surface area contributed by atoms with Crippen LogP contribution in [0.5, 0.6) is 0 Å². The minimum Gasteiger partial charge on any atom is -0.339 e. The van der Waals surface area contributed by atoms with Gasteiger partial charge in [0.2, 0.25) is 11.8 Å². The van der Waals surface area contributed by atoms with Crippen LogP contribution in [0, 0.1) is 5.92 Å². The highest BCUT2D eigenvalue weighted by molar-refractivity contribution is 5.84. The summed E-state index contributed by atoms with van der Waals surface area (Å²) in [6, 6.07) is 0. The number of hydrogen-bond acceptors (Lipinski definition) is 3. The zero-order valence-electron chi connectivity index (χ0n) is 12.6. The fraction of sp³-hybridized carbons (Fsp3) is 0.867. The monoisotopic (exact) mass is 281 g/mol. The number of likely N-dealkylation sites (N-methyl/N-ethyl adjacent to an activating group) is 1. The highest BCUT2D eigenvalue weighted by Gasteiger charge is 2.22. The van der Waals surface area contributed by atoms with Crippen molar-refractivity contribution in [2.75, 3.05) is 39.8 Å². The molecule has 1 N–H and O–H groups in total. The largest absolute Gasteiger partial charge is 0.339 e. The zero-order valence-corrected chi connectivity index (χ0v) is 12.6. The molecular formula is C15H27N3O2. The van der Waals surface area contributed by atoms with Gasteiger partial charge in [0.15, 0.2) is 0 Å². The Kier molecular flexibility index (Phi) is 5.83. The Hall–Kier alpha value is -1.10. The summed E-state index contributed by atoms with van der Waals surface area (Å²) in [7, 11) is 1.76. The number of nitrogens with one attached hydrogen (secondary N) is 1. The Bertz CT molecular complexity index is 334. The second-order valence-corrected chi connectivity index (χ2v) is 6.09. The van der Waals surface area contributed by atoms with Crippen molar-refractivity contribution in [3.63, 3.8) is 0 Å². The molecule has 0 aromatic carbocycles. The van der Waals surface area contributed by atoms with Gasteiger partial charge in [-0.1, -0.05) is 19.3 Å². The Morgan fingerprint density at radius 2 is 1.80 bits per heavy atom. The molecule has 20 heavy (non-hydrogen) atoms. The molecule has 2 aliphatic rings. The van der Waals surface area contributed by atoms with Crippen molar-refractivity contribution < 1.29 is 9.59 Å². The van der Waals surface area contributed by atoms with Crippen LogP contribution in [0.3, 0.4) is 0 Å². The molecule has 1 saturated heterocycles. The van der Waals surface area contributed by atoms with Crippen LogP contribution in [0.15, 0.2) is 0 Å². The average Bonchev–Trinajstić information content (AvgIpc) is 2.49.